The van der Waals surface area contributed by atoms with Crippen molar-refractivity contribution in [1.29, 1.82) is 0 Å². The van der Waals surface area contributed by atoms with Crippen LogP contribution in [0.1, 0.15) is 50.8 Å². The third-order valence-electron chi connectivity index (χ3n) is 3.43. The van der Waals surface area contributed by atoms with Crippen LogP contribution in [0.25, 0.3) is 0 Å². The molecule has 1 aliphatic heterocycles. The average Bonchev–Trinajstić information content (AvgIpc) is 2.92. The normalized spacial score (nSPS) is 21.1. The van der Waals surface area contributed by atoms with E-state index in [2.05, 4.69) is 22.2 Å². The second kappa shape index (κ2) is 7.44. The fourth-order valence-electron chi connectivity index (χ4n) is 2.51. The van der Waals surface area contributed by atoms with E-state index in [1.807, 2.05) is 6.20 Å². The van der Waals surface area contributed by atoms with Crippen LogP contribution in [0.3, 0.4) is 0 Å². The predicted octanol–water partition coefficient (Wildman–Crippen LogP) is 2.48. The highest BCUT2D eigenvalue weighted by atomic mass is 16.5. The van der Waals surface area contributed by atoms with Crippen LogP contribution in [0.15, 0.2) is 18.6 Å². The number of hydrogen-bond acceptors (Lipinski definition) is 4. The topological polar surface area (TPSA) is 47.0 Å². The highest BCUT2D eigenvalue weighted by molar-refractivity contribution is 5.01. The van der Waals surface area contributed by atoms with Gasteiger partial charge in [-0.15, -0.1) is 0 Å². The molecule has 1 fully saturated rings. The Hall–Kier alpha value is -1.00. The maximum Gasteiger partial charge on any atom is 0.0756 e. The Balaban J connectivity index is 1.79. The maximum atomic E-state index is 5.65. The van der Waals surface area contributed by atoms with Gasteiger partial charge in [0.1, 0.15) is 0 Å². The molecule has 1 aromatic rings. The van der Waals surface area contributed by atoms with Gasteiger partial charge in [-0.1, -0.05) is 6.92 Å². The van der Waals surface area contributed by atoms with Gasteiger partial charge in [0, 0.05) is 25.2 Å². The van der Waals surface area contributed by atoms with Crippen molar-refractivity contribution in [3.8, 4) is 0 Å². The van der Waals surface area contributed by atoms with Crippen molar-refractivity contribution in [3.05, 3.63) is 24.3 Å². The first-order valence-electron chi connectivity index (χ1n) is 7.01. The van der Waals surface area contributed by atoms with Crippen molar-refractivity contribution in [2.45, 2.75) is 51.2 Å². The molecule has 0 saturated carbocycles. The Kier molecular flexibility index (Phi) is 5.55. The van der Waals surface area contributed by atoms with Crippen molar-refractivity contribution in [2.75, 3.05) is 13.2 Å². The number of nitrogens with one attached hydrogen (secondary N) is 1. The van der Waals surface area contributed by atoms with E-state index < -0.39 is 0 Å². The van der Waals surface area contributed by atoms with Gasteiger partial charge in [-0.2, -0.15) is 0 Å². The van der Waals surface area contributed by atoms with Gasteiger partial charge in [0.05, 0.1) is 17.8 Å². The molecule has 18 heavy (non-hydrogen) atoms. The summed E-state index contributed by atoms with van der Waals surface area (Å²) in [5, 5.41) is 3.48. The molecule has 0 radical (unpaired) electrons. The van der Waals surface area contributed by atoms with Crippen molar-refractivity contribution < 1.29 is 4.74 Å². The van der Waals surface area contributed by atoms with Crippen molar-refractivity contribution in [2.24, 2.45) is 0 Å². The molecule has 2 heterocycles. The molecule has 0 amide bonds. The van der Waals surface area contributed by atoms with E-state index in [-0.39, 0.29) is 0 Å². The smallest absolute Gasteiger partial charge is 0.0756 e. The van der Waals surface area contributed by atoms with Crippen molar-refractivity contribution in [1.82, 2.24) is 15.3 Å². The van der Waals surface area contributed by atoms with Gasteiger partial charge in [-0.25, -0.2) is 0 Å². The number of rotatable bonds is 7. The lowest BCUT2D eigenvalue weighted by Crippen LogP contribution is -2.22. The minimum absolute atomic E-state index is 0.324. The molecule has 1 saturated heterocycles. The van der Waals surface area contributed by atoms with Gasteiger partial charge in [-0.05, 0) is 38.6 Å². The Labute approximate surface area is 109 Å². The first-order chi connectivity index (χ1) is 8.90. The molecule has 2 atom stereocenters. The number of nitrogens with zero attached hydrogens (tertiary/aromatic N) is 2. The van der Waals surface area contributed by atoms with Crippen LogP contribution >= 0.6 is 0 Å². The molecule has 4 heteroatoms. The lowest BCUT2D eigenvalue weighted by atomic mass is 10.0. The summed E-state index contributed by atoms with van der Waals surface area (Å²) in [7, 11) is 0. The highest BCUT2D eigenvalue weighted by Crippen LogP contribution is 2.21. The summed E-state index contributed by atoms with van der Waals surface area (Å²) in [6.45, 7) is 4.04. The second-order valence-corrected chi connectivity index (χ2v) is 4.81. The first kappa shape index (κ1) is 13.4. The summed E-state index contributed by atoms with van der Waals surface area (Å²) in [5.41, 5.74) is 1.05. The zero-order valence-corrected chi connectivity index (χ0v) is 11.1. The third kappa shape index (κ3) is 4.03. The Bertz CT molecular complexity index is 325. The summed E-state index contributed by atoms with van der Waals surface area (Å²) in [5.74, 6) is 0. The minimum Gasteiger partial charge on any atom is -0.378 e. The second-order valence-electron chi connectivity index (χ2n) is 4.81. The number of aromatic nitrogens is 2. The van der Waals surface area contributed by atoms with Crippen LogP contribution in [0, 0.1) is 0 Å². The molecule has 2 unspecified atom stereocenters. The predicted molar refractivity (Wildman–Crippen MR) is 71.3 cm³/mol. The summed E-state index contributed by atoms with van der Waals surface area (Å²) >= 11 is 0. The van der Waals surface area contributed by atoms with Gasteiger partial charge < -0.3 is 10.1 Å². The average molecular weight is 249 g/mol. The zero-order valence-electron chi connectivity index (χ0n) is 11.1. The summed E-state index contributed by atoms with van der Waals surface area (Å²) in [6.07, 6.45) is 11.8. The lowest BCUT2D eigenvalue weighted by Gasteiger charge is -2.17. The highest BCUT2D eigenvalue weighted by Gasteiger charge is 2.17. The molecule has 4 nitrogen and oxygen atoms in total. The molecule has 0 spiro atoms. The van der Waals surface area contributed by atoms with Gasteiger partial charge in [-0.3, -0.25) is 9.97 Å². The van der Waals surface area contributed by atoms with Crippen LogP contribution in [-0.2, 0) is 4.74 Å². The van der Waals surface area contributed by atoms with Crippen LogP contribution < -0.4 is 5.32 Å². The van der Waals surface area contributed by atoms with E-state index in [1.54, 1.807) is 12.4 Å². The van der Waals surface area contributed by atoms with Gasteiger partial charge in [0.15, 0.2) is 0 Å². The van der Waals surface area contributed by atoms with Crippen LogP contribution in [0.2, 0.25) is 0 Å². The third-order valence-corrected chi connectivity index (χ3v) is 3.43. The monoisotopic (exact) mass is 249 g/mol. The van der Waals surface area contributed by atoms with Crippen molar-refractivity contribution in [3.63, 3.8) is 0 Å². The largest absolute Gasteiger partial charge is 0.378 e. The Morgan fingerprint density at radius 1 is 1.50 bits per heavy atom. The minimum atomic E-state index is 0.324. The molecule has 1 N–H and O–H groups in total. The molecular formula is C14H23N3O. The summed E-state index contributed by atoms with van der Waals surface area (Å²) < 4.78 is 5.65. The summed E-state index contributed by atoms with van der Waals surface area (Å²) in [6, 6.07) is 0.324. The van der Waals surface area contributed by atoms with Crippen LogP contribution in [0.5, 0.6) is 0 Å². The molecule has 0 aromatic carbocycles. The van der Waals surface area contributed by atoms with Crippen LogP contribution in [-0.4, -0.2) is 29.2 Å². The fraction of sp³-hybridized carbons (Fsp3) is 0.714. The Morgan fingerprint density at radius 3 is 3.11 bits per heavy atom. The van der Waals surface area contributed by atoms with Crippen LogP contribution in [0.4, 0.5) is 0 Å². The Morgan fingerprint density at radius 2 is 2.44 bits per heavy atom. The lowest BCUT2D eigenvalue weighted by molar-refractivity contribution is 0.101. The summed E-state index contributed by atoms with van der Waals surface area (Å²) in [4.78, 5) is 8.54. The molecule has 1 aliphatic rings. The quantitative estimate of drug-likeness (QED) is 0.806. The fourth-order valence-corrected chi connectivity index (χ4v) is 2.51. The standard InChI is InChI=1S/C14H23N3O/c1-2-16-13(14-11-15-8-9-17-14)7-3-5-12-6-4-10-18-12/h8-9,11-13,16H,2-7,10H2,1H3. The SMILES string of the molecule is CCNC(CCCC1CCCO1)c1cnccn1. The van der Waals surface area contributed by atoms with E-state index in [1.165, 1.54) is 25.7 Å². The van der Waals surface area contributed by atoms with Gasteiger partial charge in [0.25, 0.3) is 0 Å². The molecule has 0 aliphatic carbocycles. The first-order valence-corrected chi connectivity index (χ1v) is 7.01. The van der Waals surface area contributed by atoms with E-state index in [0.29, 0.717) is 12.1 Å². The van der Waals surface area contributed by atoms with Gasteiger partial charge in [0.2, 0.25) is 0 Å². The maximum absolute atomic E-state index is 5.65. The van der Waals surface area contributed by atoms with Gasteiger partial charge >= 0.3 is 0 Å². The molecular weight excluding hydrogens is 226 g/mol. The molecule has 100 valence electrons. The van der Waals surface area contributed by atoms with E-state index in [4.69, 9.17) is 4.74 Å². The molecule has 2 rings (SSSR count). The van der Waals surface area contributed by atoms with Crippen molar-refractivity contribution >= 4 is 0 Å². The van der Waals surface area contributed by atoms with E-state index in [0.717, 1.165) is 25.3 Å². The molecule has 1 aromatic heterocycles. The van der Waals surface area contributed by atoms with E-state index >= 15 is 0 Å². The zero-order chi connectivity index (χ0) is 12.6. The number of hydrogen-bond donors (Lipinski definition) is 1. The van der Waals surface area contributed by atoms with E-state index in [9.17, 15) is 0 Å². The number of ether oxygens (including phenoxy) is 1. The molecule has 0 bridgehead atoms.